The van der Waals surface area contributed by atoms with Gasteiger partial charge in [0.1, 0.15) is 6.61 Å². The fourth-order valence-electron chi connectivity index (χ4n) is 1.36. The van der Waals surface area contributed by atoms with Crippen molar-refractivity contribution < 1.29 is 14.5 Å². The van der Waals surface area contributed by atoms with Gasteiger partial charge in [-0.1, -0.05) is 34.1 Å². The molecule has 5 nitrogen and oxygen atoms in total. The molecule has 0 saturated carbocycles. The molecule has 0 bridgehead atoms. The number of hydrogen-bond acceptors (Lipinski definition) is 4. The Morgan fingerprint density at radius 2 is 2.12 bits per heavy atom. The minimum atomic E-state index is -0.441. The molecule has 0 heterocycles. The Balaban J connectivity index is 2.76. The van der Waals surface area contributed by atoms with E-state index in [1.807, 2.05) is 0 Å². The van der Waals surface area contributed by atoms with Crippen LogP contribution in [0.4, 0.5) is 0 Å². The van der Waals surface area contributed by atoms with Gasteiger partial charge in [0.15, 0.2) is 0 Å². The van der Waals surface area contributed by atoms with E-state index in [4.69, 9.17) is 4.74 Å². The van der Waals surface area contributed by atoms with Crippen molar-refractivity contribution >= 4 is 21.9 Å². The van der Waals surface area contributed by atoms with E-state index in [2.05, 4.69) is 15.9 Å². The third-order valence-electron chi connectivity index (χ3n) is 2.11. The molecule has 0 fully saturated rings. The maximum Gasteiger partial charge on any atom is 0.338 e. The van der Waals surface area contributed by atoms with E-state index in [0.717, 1.165) is 0 Å². The van der Waals surface area contributed by atoms with E-state index in [9.17, 15) is 14.9 Å². The molecule has 0 radical (unpaired) electrons. The summed E-state index contributed by atoms with van der Waals surface area (Å²) in [5.74, 6) is -0.441. The van der Waals surface area contributed by atoms with Gasteiger partial charge in [-0.15, -0.1) is 0 Å². The lowest BCUT2D eigenvalue weighted by Crippen LogP contribution is -2.12. The highest BCUT2D eigenvalue weighted by atomic mass is 79.9. The minimum absolute atomic E-state index is 0.192. The SMILES string of the molecule is O=C(OCCBr)c1ccccc1CC[N+](=O)[O-]. The second-order valence-electron chi connectivity index (χ2n) is 3.29. The summed E-state index contributed by atoms with van der Waals surface area (Å²) in [7, 11) is 0. The molecule has 0 aliphatic rings. The summed E-state index contributed by atoms with van der Waals surface area (Å²) in [5, 5.41) is 10.9. The highest BCUT2D eigenvalue weighted by Gasteiger charge is 2.13. The van der Waals surface area contributed by atoms with Gasteiger partial charge in [0, 0.05) is 16.7 Å². The van der Waals surface area contributed by atoms with Gasteiger partial charge in [0.05, 0.1) is 5.56 Å². The van der Waals surface area contributed by atoms with Crippen molar-refractivity contribution in [3.05, 3.63) is 45.5 Å². The van der Waals surface area contributed by atoms with Crippen LogP contribution >= 0.6 is 15.9 Å². The van der Waals surface area contributed by atoms with Crippen LogP contribution in [0, 0.1) is 10.1 Å². The lowest BCUT2D eigenvalue weighted by Gasteiger charge is -2.07. The lowest BCUT2D eigenvalue weighted by atomic mass is 10.0. The molecule has 0 amide bonds. The topological polar surface area (TPSA) is 69.4 Å². The Hall–Kier alpha value is -1.43. The van der Waals surface area contributed by atoms with E-state index in [-0.39, 0.29) is 19.6 Å². The predicted octanol–water partition coefficient (Wildman–Crippen LogP) is 2.06. The molecule has 0 aliphatic carbocycles. The van der Waals surface area contributed by atoms with Crippen molar-refractivity contribution in [3.63, 3.8) is 0 Å². The Morgan fingerprint density at radius 1 is 1.41 bits per heavy atom. The Kier molecular flexibility index (Phi) is 5.62. The average molecular weight is 302 g/mol. The quantitative estimate of drug-likeness (QED) is 0.349. The molecule has 0 aromatic heterocycles. The van der Waals surface area contributed by atoms with Gasteiger partial charge in [0.25, 0.3) is 0 Å². The summed E-state index contributed by atoms with van der Waals surface area (Å²) >= 11 is 3.15. The van der Waals surface area contributed by atoms with Crippen LogP contribution in [0.5, 0.6) is 0 Å². The van der Waals surface area contributed by atoms with Crippen molar-refractivity contribution in [1.29, 1.82) is 0 Å². The molecule has 0 aliphatic heterocycles. The fourth-order valence-corrected chi connectivity index (χ4v) is 1.52. The van der Waals surface area contributed by atoms with Crippen molar-refractivity contribution in [3.8, 4) is 0 Å². The summed E-state index contributed by atoms with van der Waals surface area (Å²) in [5.41, 5.74) is 1.04. The van der Waals surface area contributed by atoms with Crippen molar-refractivity contribution in [2.75, 3.05) is 18.5 Å². The van der Waals surface area contributed by atoms with Crippen LogP contribution in [0.2, 0.25) is 0 Å². The van der Waals surface area contributed by atoms with E-state index < -0.39 is 10.9 Å². The molecule has 0 saturated heterocycles. The molecule has 0 N–H and O–H groups in total. The molecule has 17 heavy (non-hydrogen) atoms. The van der Waals surface area contributed by atoms with Crippen molar-refractivity contribution in [2.45, 2.75) is 6.42 Å². The fraction of sp³-hybridized carbons (Fsp3) is 0.364. The molecule has 0 atom stereocenters. The van der Waals surface area contributed by atoms with E-state index >= 15 is 0 Å². The van der Waals surface area contributed by atoms with Crippen LogP contribution in [0.1, 0.15) is 15.9 Å². The summed E-state index contributed by atoms with van der Waals surface area (Å²) < 4.78 is 4.97. The van der Waals surface area contributed by atoms with Gasteiger partial charge in [-0.25, -0.2) is 4.79 Å². The first kappa shape index (κ1) is 13.6. The molecule has 6 heteroatoms. The maximum atomic E-state index is 11.7. The standard InChI is InChI=1S/C11H12BrNO4/c12-6-8-17-11(14)10-4-2-1-3-9(10)5-7-13(15)16/h1-4H,5-8H2. The first-order valence-corrected chi connectivity index (χ1v) is 6.20. The summed E-state index contributed by atoms with van der Waals surface area (Å²) in [6.45, 7) is 0.0884. The summed E-state index contributed by atoms with van der Waals surface area (Å²) in [6, 6.07) is 6.77. The number of benzene rings is 1. The highest BCUT2D eigenvalue weighted by Crippen LogP contribution is 2.11. The van der Waals surface area contributed by atoms with Gasteiger partial charge in [0.2, 0.25) is 6.54 Å². The van der Waals surface area contributed by atoms with Gasteiger partial charge < -0.3 is 4.74 Å². The predicted molar refractivity (Wildman–Crippen MR) is 66.1 cm³/mol. The molecule has 0 unspecified atom stereocenters. The molecule has 92 valence electrons. The van der Waals surface area contributed by atoms with E-state index in [1.165, 1.54) is 0 Å². The van der Waals surface area contributed by atoms with Crippen LogP contribution in [0.15, 0.2) is 24.3 Å². The summed E-state index contributed by atoms with van der Waals surface area (Å²) in [6.07, 6.45) is 0.229. The maximum absolute atomic E-state index is 11.7. The van der Waals surface area contributed by atoms with Gasteiger partial charge in [-0.3, -0.25) is 10.1 Å². The monoisotopic (exact) mass is 301 g/mol. The second-order valence-corrected chi connectivity index (χ2v) is 4.08. The number of rotatable bonds is 6. The summed E-state index contributed by atoms with van der Waals surface area (Å²) in [4.78, 5) is 21.6. The Bertz CT molecular complexity index is 408. The van der Waals surface area contributed by atoms with Crippen LogP contribution in [-0.4, -0.2) is 29.4 Å². The van der Waals surface area contributed by atoms with Crippen LogP contribution < -0.4 is 0 Å². The number of esters is 1. The zero-order valence-electron chi connectivity index (χ0n) is 9.10. The number of halogens is 1. The number of hydrogen-bond donors (Lipinski definition) is 0. The Morgan fingerprint density at radius 3 is 2.76 bits per heavy atom. The van der Waals surface area contributed by atoms with Gasteiger partial charge in [-0.05, 0) is 11.6 Å². The molecule has 1 aromatic carbocycles. The van der Waals surface area contributed by atoms with E-state index in [0.29, 0.717) is 16.5 Å². The van der Waals surface area contributed by atoms with Gasteiger partial charge >= 0.3 is 5.97 Å². The van der Waals surface area contributed by atoms with E-state index in [1.54, 1.807) is 24.3 Å². The molecule has 0 spiro atoms. The number of nitrogens with zero attached hydrogens (tertiary/aromatic N) is 1. The van der Waals surface area contributed by atoms with Crippen molar-refractivity contribution in [1.82, 2.24) is 0 Å². The lowest BCUT2D eigenvalue weighted by molar-refractivity contribution is -0.479. The third-order valence-corrected chi connectivity index (χ3v) is 2.44. The van der Waals surface area contributed by atoms with Crippen molar-refractivity contribution in [2.24, 2.45) is 0 Å². The molecular formula is C11H12BrNO4. The van der Waals surface area contributed by atoms with Gasteiger partial charge in [-0.2, -0.15) is 0 Å². The van der Waals surface area contributed by atoms with Crippen LogP contribution in [0.25, 0.3) is 0 Å². The second kappa shape index (κ2) is 7.01. The van der Waals surface area contributed by atoms with Crippen LogP contribution in [0.3, 0.4) is 0 Å². The Labute approximate surface area is 107 Å². The zero-order chi connectivity index (χ0) is 12.7. The zero-order valence-corrected chi connectivity index (χ0v) is 10.7. The highest BCUT2D eigenvalue weighted by molar-refractivity contribution is 9.09. The first-order valence-electron chi connectivity index (χ1n) is 5.08. The number of nitro groups is 1. The third kappa shape index (κ3) is 4.52. The smallest absolute Gasteiger partial charge is 0.338 e. The molecule has 1 aromatic rings. The largest absolute Gasteiger partial charge is 0.461 e. The molecule has 1 rings (SSSR count). The minimum Gasteiger partial charge on any atom is -0.461 e. The van der Waals surface area contributed by atoms with Crippen LogP contribution in [-0.2, 0) is 11.2 Å². The molecular weight excluding hydrogens is 290 g/mol. The number of alkyl halides is 1. The normalized spacial score (nSPS) is 9.94. The number of carbonyl (C=O) groups is 1. The first-order chi connectivity index (χ1) is 8.15. The number of carbonyl (C=O) groups excluding carboxylic acids is 1. The number of ether oxygens (including phenoxy) is 1. The average Bonchev–Trinajstić information content (AvgIpc) is 2.33.